The van der Waals surface area contributed by atoms with Crippen molar-refractivity contribution in [1.29, 1.82) is 0 Å². The van der Waals surface area contributed by atoms with Gasteiger partial charge in [0.15, 0.2) is 17.1 Å². The van der Waals surface area contributed by atoms with Gasteiger partial charge in [-0.2, -0.15) is 36.7 Å². The third kappa shape index (κ3) is 51.2. The number of esters is 4. The van der Waals surface area contributed by atoms with Crippen molar-refractivity contribution < 1.29 is 115 Å². The molecule has 0 spiro atoms. The molecule has 384 valence electrons. The average molecular weight is 1900 g/mol. The summed E-state index contributed by atoms with van der Waals surface area (Å²) in [6.07, 6.45) is 4.00. The summed E-state index contributed by atoms with van der Waals surface area (Å²) in [5.41, 5.74) is -0.824. The molecule has 1 radical (unpaired) electrons. The van der Waals surface area contributed by atoms with Crippen molar-refractivity contribution in [3.63, 3.8) is 0 Å². The fourth-order valence-corrected chi connectivity index (χ4v) is 2.92. The van der Waals surface area contributed by atoms with Gasteiger partial charge in [-0.05, 0) is 48.6 Å². The van der Waals surface area contributed by atoms with Gasteiger partial charge < -0.3 is 18.9 Å². The van der Waals surface area contributed by atoms with E-state index in [2.05, 4.69) is 183 Å². The van der Waals surface area contributed by atoms with Crippen LogP contribution in [0.15, 0.2) is 41.8 Å². The van der Waals surface area contributed by atoms with Crippen LogP contribution in [0.2, 0.25) is 0 Å². The third-order valence-corrected chi connectivity index (χ3v) is 5.68. The van der Waals surface area contributed by atoms with E-state index in [0.717, 1.165) is 24.8 Å². The summed E-state index contributed by atoms with van der Waals surface area (Å²) in [4.78, 5) is 95.5. The number of carbonyl (C=O) groups is 4. The Morgan fingerprint density at radius 3 is 1.18 bits per heavy atom. The van der Waals surface area contributed by atoms with E-state index in [9.17, 15) is 45.5 Å². The SMILES string of the molecule is CCOC(=O)C(F)(F)Br.CCOC(=O)c1cnc(Br)cn1.CCOC(=O)c1cnc(C(F)(F)CC)cn1.CCOC(=O)c1cnc(C(F)F)cn1.CI.O=C=O.O=C=O.[Cu].[I][V]([I])[I].[I][V][I]. The number of rotatable bonds is 11. The molecule has 0 fully saturated rings. The van der Waals surface area contributed by atoms with Crippen LogP contribution in [0.25, 0.3) is 0 Å². The Labute approximate surface area is 488 Å². The fourth-order valence-electron chi connectivity index (χ4n) is 2.61. The van der Waals surface area contributed by atoms with Crippen LogP contribution in [-0.2, 0) is 80.3 Å². The number of carbonyl (C=O) groups excluding carboxylic acids is 8. The van der Waals surface area contributed by atoms with Gasteiger partial charge in [0.05, 0.1) is 63.6 Å². The number of alkyl halides is 8. The maximum atomic E-state index is 13.1. The summed E-state index contributed by atoms with van der Waals surface area (Å²) < 4.78 is 92.4. The van der Waals surface area contributed by atoms with Crippen LogP contribution < -0.4 is 0 Å². The molecular weight excluding hydrogens is 1860 g/mol. The Hall–Kier alpha value is 0.488. The quantitative estimate of drug-likeness (QED) is 0.0432. The molecule has 3 aromatic heterocycles. The van der Waals surface area contributed by atoms with Gasteiger partial charge in [-0.15, -0.1) is 0 Å². The number of ether oxygens (including phenoxy) is 4. The fraction of sp³-hybridized carbons (Fsp3) is 0.438. The van der Waals surface area contributed by atoms with E-state index in [1.165, 1.54) is 26.2 Å². The summed E-state index contributed by atoms with van der Waals surface area (Å²) >= 11 is 19.2. The zero-order valence-corrected chi connectivity index (χ0v) is 54.5. The molecule has 0 amide bonds. The number of halogens is 14. The van der Waals surface area contributed by atoms with Crippen LogP contribution >= 0.6 is 154 Å². The minimum atomic E-state index is -3.54. The first kappa shape index (κ1) is 81.5. The van der Waals surface area contributed by atoms with Crippen LogP contribution in [0, 0.1) is 0 Å². The Morgan fingerprint density at radius 1 is 0.657 bits per heavy atom. The van der Waals surface area contributed by atoms with Crippen molar-refractivity contribution in [3.05, 3.63) is 70.3 Å². The van der Waals surface area contributed by atoms with Gasteiger partial charge in [0, 0.05) is 39.4 Å². The molecule has 35 heteroatoms. The Morgan fingerprint density at radius 2 is 0.970 bits per heavy atom. The number of hydrogen-bond acceptors (Lipinski definition) is 18. The first-order chi connectivity index (χ1) is 30.8. The van der Waals surface area contributed by atoms with Gasteiger partial charge in [-0.1, -0.05) is 29.5 Å². The van der Waals surface area contributed by atoms with Crippen molar-refractivity contribution in [2.75, 3.05) is 31.4 Å². The van der Waals surface area contributed by atoms with E-state index in [0.29, 0.717) is 20.7 Å². The predicted octanol–water partition coefficient (Wildman–Crippen LogP) is 11.0. The van der Waals surface area contributed by atoms with Gasteiger partial charge in [-0.25, -0.2) is 47.9 Å². The average Bonchev–Trinajstić information content (AvgIpc) is 3.26. The van der Waals surface area contributed by atoms with Gasteiger partial charge >= 0.3 is 155 Å². The molecule has 0 unspecified atom stereocenters. The van der Waals surface area contributed by atoms with E-state index in [4.69, 9.17) is 23.9 Å². The van der Waals surface area contributed by atoms with Crippen LogP contribution in [0.5, 0.6) is 0 Å². The van der Waals surface area contributed by atoms with Gasteiger partial charge in [0.25, 0.3) is 12.3 Å². The Balaban J connectivity index is -0.000000131. The summed E-state index contributed by atoms with van der Waals surface area (Å²) in [5, 5.41) is 0. The Kier molecular flexibility index (Phi) is 66.0. The van der Waals surface area contributed by atoms with Crippen molar-refractivity contribution in [3.8, 4) is 0 Å². The molecule has 0 aromatic carbocycles. The molecule has 0 aliphatic heterocycles. The Bertz CT molecular complexity index is 1800. The third-order valence-electron chi connectivity index (χ3n) is 4.95. The molecule has 0 bridgehead atoms. The van der Waals surface area contributed by atoms with E-state index in [1.54, 1.807) is 20.8 Å². The summed E-state index contributed by atoms with van der Waals surface area (Å²) in [6, 6.07) is 0. The summed E-state index contributed by atoms with van der Waals surface area (Å²) in [6.45, 7) is 8.53. The zero-order chi connectivity index (χ0) is 52.9. The molecule has 0 aliphatic carbocycles. The van der Waals surface area contributed by atoms with E-state index >= 15 is 0 Å². The molecule has 0 saturated heterocycles. The molecular formula is C32H35Br2CuF6I6N6O12V2. The second-order valence-electron chi connectivity index (χ2n) is 9.00. The van der Waals surface area contributed by atoms with Gasteiger partial charge in [-0.3, -0.25) is 9.97 Å². The summed E-state index contributed by atoms with van der Waals surface area (Å²) in [7, 11) is 0.628. The number of aromatic nitrogens is 6. The van der Waals surface area contributed by atoms with E-state index < -0.39 is 52.4 Å². The molecule has 3 aromatic rings. The van der Waals surface area contributed by atoms with Crippen molar-refractivity contribution in [2.24, 2.45) is 0 Å². The van der Waals surface area contributed by atoms with Crippen LogP contribution in [0.1, 0.15) is 90.3 Å². The molecule has 0 N–H and O–H groups in total. The molecule has 18 nitrogen and oxygen atoms in total. The molecule has 0 saturated carbocycles. The molecule has 3 rings (SSSR count). The molecule has 3 heterocycles. The van der Waals surface area contributed by atoms with Crippen LogP contribution in [-0.4, -0.2) is 102 Å². The van der Waals surface area contributed by atoms with Gasteiger partial charge in [0.1, 0.15) is 16.0 Å². The normalized spacial score (nSPS) is 9.10. The van der Waals surface area contributed by atoms with Crippen molar-refractivity contribution >= 4 is 191 Å². The monoisotopic (exact) mass is 1890 g/mol. The van der Waals surface area contributed by atoms with Crippen LogP contribution in [0.4, 0.5) is 26.3 Å². The second kappa shape index (κ2) is 54.3. The molecule has 0 aliphatic rings. The van der Waals surface area contributed by atoms with Crippen molar-refractivity contribution in [2.45, 2.75) is 58.2 Å². The molecule has 67 heavy (non-hydrogen) atoms. The second-order valence-corrected chi connectivity index (χ2v) is 58.0. The maximum absolute atomic E-state index is 13.1. The van der Waals surface area contributed by atoms with E-state index in [1.807, 2.05) is 20.9 Å². The standard InChI is InChI=1S/C10H12F2N2O2.C8H8F2N2O2.C7H7BrN2O2.C4H5BrF2O2.CH3I.2CO2.Cu.5HI.2V/c1-3-10(11,12)8-6-13-7(5-14-8)9(15)16-4-2;1-2-14-8(13)6-4-11-5(3-12-6)7(9)10;1-2-12-7(11)5-3-10-6(8)4-9-5;1-2-9-3(8)4(5,6)7;1-2;2*2-1-3;;;;;;;;/h5-6H,3-4H2,1-2H3;3-4,7H,2H2,1H3;3-4H,2H2,1H3;2H2,1H3;1H3;;;;5*1H;;/q;;;;;;;;;;;;;+2;+3/p-5. The number of hydrogen-bond donors (Lipinski definition) is 0. The summed E-state index contributed by atoms with van der Waals surface area (Å²) in [5.74, 6) is -6.34. The first-order valence-electron chi connectivity index (χ1n) is 16.4. The predicted molar refractivity (Wildman–Crippen MR) is 271 cm³/mol. The number of nitrogens with zero attached hydrogens (tertiary/aromatic N) is 6. The molecule has 0 atom stereocenters. The topological polar surface area (TPSA) is 251 Å². The van der Waals surface area contributed by atoms with Crippen LogP contribution in [0.3, 0.4) is 0 Å². The van der Waals surface area contributed by atoms with Gasteiger partial charge in [0.2, 0.25) is 0 Å². The van der Waals surface area contributed by atoms with E-state index in [-0.39, 0.29) is 77.6 Å². The minimum absolute atomic E-state index is 0. The first-order valence-corrected chi connectivity index (χ1v) is 42.7. The van der Waals surface area contributed by atoms with Crippen molar-refractivity contribution in [1.82, 2.24) is 29.9 Å². The zero-order valence-electron chi connectivity index (χ0n) is 34.6.